The van der Waals surface area contributed by atoms with Gasteiger partial charge in [0.2, 0.25) is 5.78 Å². The number of ketones is 1. The van der Waals surface area contributed by atoms with Crippen LogP contribution in [-0.2, 0) is 0 Å². The number of aliphatic hydroxyl groups is 1. The first-order chi connectivity index (χ1) is 13.5. The summed E-state index contributed by atoms with van der Waals surface area (Å²) >= 11 is 0. The van der Waals surface area contributed by atoms with Crippen LogP contribution in [0.25, 0.3) is 0 Å². The van der Waals surface area contributed by atoms with E-state index < -0.39 is 17.6 Å². The van der Waals surface area contributed by atoms with Gasteiger partial charge in [-0.3, -0.25) is 4.79 Å². The molecule has 1 aliphatic rings. The van der Waals surface area contributed by atoms with Crippen LogP contribution in [0.1, 0.15) is 27.9 Å². The first kappa shape index (κ1) is 17.7. The standard InChI is InChI=1S/C21H16FN3O3/c1-12-7-8-16(28-12)21(27)18-19(14-5-3-4-6-15(14)22)25(13(2)20(18)26)17-9-10-23-11-24-17/h3-11,19,26H,2H2,1H3. The highest BCUT2D eigenvalue weighted by atomic mass is 19.1. The van der Waals surface area contributed by atoms with Crippen LogP contribution in [0.5, 0.6) is 0 Å². The van der Waals surface area contributed by atoms with Gasteiger partial charge in [0.1, 0.15) is 29.5 Å². The molecule has 0 saturated heterocycles. The van der Waals surface area contributed by atoms with Crippen LogP contribution in [0.15, 0.2) is 83.0 Å². The molecule has 3 heterocycles. The average Bonchev–Trinajstić information content (AvgIpc) is 3.24. The van der Waals surface area contributed by atoms with E-state index in [2.05, 4.69) is 16.5 Å². The second-order valence-corrected chi connectivity index (χ2v) is 6.31. The third kappa shape index (κ3) is 2.77. The SMILES string of the molecule is C=C1C(O)=C(C(=O)c2ccc(C)o2)C(c2ccccc2F)N1c1ccncn1. The highest BCUT2D eigenvalue weighted by molar-refractivity contribution is 6.10. The molecule has 0 spiro atoms. The minimum atomic E-state index is -0.957. The molecule has 28 heavy (non-hydrogen) atoms. The van der Waals surface area contributed by atoms with Crippen molar-refractivity contribution in [3.8, 4) is 0 Å². The smallest absolute Gasteiger partial charge is 0.230 e. The number of Topliss-reactive ketones (excluding diaryl/α,β-unsaturated/α-hetero) is 1. The van der Waals surface area contributed by atoms with E-state index in [0.29, 0.717) is 11.6 Å². The Morgan fingerprint density at radius 1 is 1.25 bits per heavy atom. The lowest BCUT2D eigenvalue weighted by Gasteiger charge is -2.28. The lowest BCUT2D eigenvalue weighted by molar-refractivity contribution is 0.0994. The highest BCUT2D eigenvalue weighted by Gasteiger charge is 2.43. The molecule has 1 unspecified atom stereocenters. The molecule has 1 N–H and O–H groups in total. The number of aromatic nitrogens is 2. The molecule has 0 amide bonds. The number of benzene rings is 1. The first-order valence-electron chi connectivity index (χ1n) is 8.52. The Balaban J connectivity index is 1.91. The molecule has 2 aromatic heterocycles. The van der Waals surface area contributed by atoms with Crippen molar-refractivity contribution in [3.05, 3.63) is 101 Å². The Hall–Kier alpha value is -3.74. The molecule has 1 aliphatic heterocycles. The van der Waals surface area contributed by atoms with Gasteiger partial charge in [0.25, 0.3) is 0 Å². The van der Waals surface area contributed by atoms with Gasteiger partial charge in [0, 0.05) is 11.8 Å². The van der Waals surface area contributed by atoms with E-state index in [-0.39, 0.29) is 28.4 Å². The Labute approximate surface area is 160 Å². The summed E-state index contributed by atoms with van der Waals surface area (Å²) in [6, 6.07) is 9.87. The molecule has 1 atom stereocenters. The Morgan fingerprint density at radius 2 is 2.04 bits per heavy atom. The van der Waals surface area contributed by atoms with Crippen molar-refractivity contribution in [3.63, 3.8) is 0 Å². The number of hydrogen-bond donors (Lipinski definition) is 1. The maximum Gasteiger partial charge on any atom is 0.230 e. The zero-order valence-corrected chi connectivity index (χ0v) is 15.0. The number of hydrogen-bond acceptors (Lipinski definition) is 6. The zero-order valence-electron chi connectivity index (χ0n) is 15.0. The number of aryl methyl sites for hydroxylation is 1. The fourth-order valence-corrected chi connectivity index (χ4v) is 3.29. The number of carbonyl (C=O) groups excluding carboxylic acids is 1. The lowest BCUT2D eigenvalue weighted by Crippen LogP contribution is -2.27. The van der Waals surface area contributed by atoms with Crippen LogP contribution in [0.2, 0.25) is 0 Å². The molecular weight excluding hydrogens is 361 g/mol. The number of rotatable bonds is 4. The largest absolute Gasteiger partial charge is 0.505 e. The minimum Gasteiger partial charge on any atom is -0.505 e. The number of furan rings is 1. The van der Waals surface area contributed by atoms with Gasteiger partial charge < -0.3 is 14.4 Å². The van der Waals surface area contributed by atoms with Crippen molar-refractivity contribution < 1.29 is 18.7 Å². The highest BCUT2D eigenvalue weighted by Crippen LogP contribution is 2.45. The van der Waals surface area contributed by atoms with Gasteiger partial charge in [-0.1, -0.05) is 24.8 Å². The molecule has 0 aliphatic carbocycles. The summed E-state index contributed by atoms with van der Waals surface area (Å²) in [7, 11) is 0. The summed E-state index contributed by atoms with van der Waals surface area (Å²) < 4.78 is 20.1. The van der Waals surface area contributed by atoms with Crippen molar-refractivity contribution in [2.75, 3.05) is 4.90 Å². The summed E-state index contributed by atoms with van der Waals surface area (Å²) in [5.41, 5.74) is 0.319. The van der Waals surface area contributed by atoms with Crippen LogP contribution in [0, 0.1) is 12.7 Å². The molecule has 140 valence electrons. The van der Waals surface area contributed by atoms with Crippen LogP contribution >= 0.6 is 0 Å². The molecule has 1 aromatic carbocycles. The first-order valence-corrected chi connectivity index (χ1v) is 8.52. The minimum absolute atomic E-state index is 0.0249. The molecule has 4 rings (SSSR count). The molecule has 7 heteroatoms. The number of aliphatic hydroxyl groups excluding tert-OH is 1. The van der Waals surface area contributed by atoms with Crippen molar-refractivity contribution >= 4 is 11.6 Å². The van der Waals surface area contributed by atoms with E-state index >= 15 is 0 Å². The van der Waals surface area contributed by atoms with Crippen molar-refractivity contribution in [2.45, 2.75) is 13.0 Å². The normalized spacial score (nSPS) is 16.7. The summed E-state index contributed by atoms with van der Waals surface area (Å²) in [5.74, 6) is -0.413. The number of anilines is 1. The van der Waals surface area contributed by atoms with E-state index in [0.717, 1.165) is 0 Å². The van der Waals surface area contributed by atoms with Crippen LogP contribution in [-0.4, -0.2) is 20.9 Å². The average molecular weight is 377 g/mol. The van der Waals surface area contributed by atoms with Gasteiger partial charge in [-0.25, -0.2) is 14.4 Å². The zero-order chi connectivity index (χ0) is 19.8. The lowest BCUT2D eigenvalue weighted by atomic mass is 9.94. The molecule has 0 saturated carbocycles. The van der Waals surface area contributed by atoms with E-state index in [9.17, 15) is 14.3 Å². The Morgan fingerprint density at radius 3 is 2.68 bits per heavy atom. The number of halogens is 1. The molecule has 0 radical (unpaired) electrons. The topological polar surface area (TPSA) is 79.5 Å². The summed E-state index contributed by atoms with van der Waals surface area (Å²) in [5, 5.41) is 10.8. The van der Waals surface area contributed by atoms with E-state index in [1.54, 1.807) is 37.3 Å². The second-order valence-electron chi connectivity index (χ2n) is 6.31. The Bertz CT molecular complexity index is 1100. The third-order valence-electron chi connectivity index (χ3n) is 4.57. The monoisotopic (exact) mass is 377 g/mol. The van der Waals surface area contributed by atoms with Gasteiger partial charge >= 0.3 is 0 Å². The van der Waals surface area contributed by atoms with E-state index in [4.69, 9.17) is 4.42 Å². The Kier molecular flexibility index (Phi) is 4.27. The van der Waals surface area contributed by atoms with Crippen LogP contribution < -0.4 is 4.90 Å². The summed E-state index contributed by atoms with van der Waals surface area (Å²) in [4.78, 5) is 22.7. The number of carbonyl (C=O) groups is 1. The maximum atomic E-state index is 14.7. The molecule has 6 nitrogen and oxygen atoms in total. The molecule has 3 aromatic rings. The van der Waals surface area contributed by atoms with Crippen molar-refractivity contribution in [2.24, 2.45) is 0 Å². The van der Waals surface area contributed by atoms with Gasteiger partial charge in [0.05, 0.1) is 17.3 Å². The third-order valence-corrected chi connectivity index (χ3v) is 4.57. The summed E-state index contributed by atoms with van der Waals surface area (Å²) in [6.07, 6.45) is 2.84. The predicted octanol–water partition coefficient (Wildman–Crippen LogP) is 4.29. The van der Waals surface area contributed by atoms with Crippen molar-refractivity contribution in [1.29, 1.82) is 0 Å². The molecular formula is C21H16FN3O3. The van der Waals surface area contributed by atoms with E-state index in [1.165, 1.54) is 29.6 Å². The second kappa shape index (κ2) is 6.77. The van der Waals surface area contributed by atoms with Gasteiger partial charge in [-0.15, -0.1) is 0 Å². The predicted molar refractivity (Wildman–Crippen MR) is 100 cm³/mol. The van der Waals surface area contributed by atoms with Gasteiger partial charge in [-0.05, 0) is 31.2 Å². The van der Waals surface area contributed by atoms with Crippen molar-refractivity contribution in [1.82, 2.24) is 9.97 Å². The molecule has 0 bridgehead atoms. The van der Waals surface area contributed by atoms with E-state index in [1.807, 2.05) is 0 Å². The van der Waals surface area contributed by atoms with Crippen LogP contribution in [0.4, 0.5) is 10.2 Å². The van der Waals surface area contributed by atoms with Gasteiger partial charge in [0.15, 0.2) is 5.76 Å². The number of nitrogens with zero attached hydrogens (tertiary/aromatic N) is 3. The van der Waals surface area contributed by atoms with Crippen LogP contribution in [0.3, 0.4) is 0 Å². The quantitative estimate of drug-likeness (QED) is 0.684. The fraction of sp³-hybridized carbons (Fsp3) is 0.0952. The molecule has 0 fully saturated rings. The van der Waals surface area contributed by atoms with Gasteiger partial charge in [-0.2, -0.15) is 0 Å². The fourth-order valence-electron chi connectivity index (χ4n) is 3.29. The summed E-state index contributed by atoms with van der Waals surface area (Å²) in [6.45, 7) is 5.59. The maximum absolute atomic E-state index is 14.7.